The van der Waals surface area contributed by atoms with Gasteiger partial charge in [0, 0.05) is 25.6 Å². The van der Waals surface area contributed by atoms with E-state index in [9.17, 15) is 9.90 Å². The number of hydrogen-bond acceptors (Lipinski definition) is 2. The first kappa shape index (κ1) is 16.8. The molecular formula is C18H28N2O2. The van der Waals surface area contributed by atoms with Crippen LogP contribution in [-0.2, 0) is 5.41 Å². The van der Waals surface area contributed by atoms with Crippen molar-refractivity contribution in [2.45, 2.75) is 45.1 Å². The summed E-state index contributed by atoms with van der Waals surface area (Å²) in [5, 5.41) is 12.9. The molecule has 0 aromatic heterocycles. The van der Waals surface area contributed by atoms with Crippen molar-refractivity contribution in [1.82, 2.24) is 10.2 Å². The van der Waals surface area contributed by atoms with E-state index in [1.165, 1.54) is 11.1 Å². The van der Waals surface area contributed by atoms with Crippen molar-refractivity contribution in [2.75, 3.05) is 20.1 Å². The highest BCUT2D eigenvalue weighted by atomic mass is 16.3. The van der Waals surface area contributed by atoms with Crippen LogP contribution < -0.4 is 5.32 Å². The molecule has 1 saturated carbocycles. The third-order valence-electron chi connectivity index (χ3n) is 4.49. The second-order valence-electron chi connectivity index (χ2n) is 7.19. The van der Waals surface area contributed by atoms with Crippen LogP contribution in [0.2, 0.25) is 0 Å². The van der Waals surface area contributed by atoms with Gasteiger partial charge in [0.05, 0.1) is 6.10 Å². The van der Waals surface area contributed by atoms with E-state index in [2.05, 4.69) is 50.4 Å². The monoisotopic (exact) mass is 304 g/mol. The molecule has 1 fully saturated rings. The largest absolute Gasteiger partial charge is 0.391 e. The molecule has 0 bridgehead atoms. The van der Waals surface area contributed by atoms with Gasteiger partial charge in [0.25, 0.3) is 0 Å². The molecule has 1 unspecified atom stereocenters. The van der Waals surface area contributed by atoms with Crippen LogP contribution in [0, 0.1) is 12.8 Å². The van der Waals surface area contributed by atoms with Crippen molar-refractivity contribution in [3.63, 3.8) is 0 Å². The predicted octanol–water partition coefficient (Wildman–Crippen LogP) is 2.68. The number of hydrogen-bond donors (Lipinski definition) is 2. The van der Waals surface area contributed by atoms with Crippen LogP contribution in [0.25, 0.3) is 0 Å². The summed E-state index contributed by atoms with van der Waals surface area (Å²) in [5.41, 5.74) is 2.32. The van der Waals surface area contributed by atoms with E-state index in [0.717, 1.165) is 12.8 Å². The molecule has 1 aromatic rings. The van der Waals surface area contributed by atoms with Crippen LogP contribution in [0.3, 0.4) is 0 Å². The number of nitrogens with one attached hydrogen (secondary N) is 1. The quantitative estimate of drug-likeness (QED) is 0.849. The number of carbonyl (C=O) groups excluding carboxylic acids is 1. The van der Waals surface area contributed by atoms with Gasteiger partial charge in [-0.05, 0) is 31.2 Å². The van der Waals surface area contributed by atoms with E-state index < -0.39 is 0 Å². The Labute approximate surface area is 133 Å². The molecular weight excluding hydrogens is 276 g/mol. The Bertz CT molecular complexity index is 506. The maximum Gasteiger partial charge on any atom is 0.317 e. The number of aliphatic hydroxyl groups excluding tert-OH is 1. The third-order valence-corrected chi connectivity index (χ3v) is 4.49. The maximum atomic E-state index is 12.2. The second kappa shape index (κ2) is 6.69. The van der Waals surface area contributed by atoms with Gasteiger partial charge >= 0.3 is 6.03 Å². The zero-order valence-corrected chi connectivity index (χ0v) is 14.1. The van der Waals surface area contributed by atoms with Crippen LogP contribution >= 0.6 is 0 Å². The minimum Gasteiger partial charge on any atom is -0.391 e. The van der Waals surface area contributed by atoms with Gasteiger partial charge in [-0.2, -0.15) is 0 Å². The summed E-state index contributed by atoms with van der Waals surface area (Å²) in [5.74, 6) is 0.388. The zero-order chi connectivity index (χ0) is 16.3. The fraction of sp³-hybridized carbons (Fsp3) is 0.611. The van der Waals surface area contributed by atoms with Crippen LogP contribution in [0.5, 0.6) is 0 Å². The Morgan fingerprint density at radius 1 is 1.36 bits per heavy atom. The molecule has 1 aromatic carbocycles. The van der Waals surface area contributed by atoms with E-state index in [-0.39, 0.29) is 17.6 Å². The van der Waals surface area contributed by atoms with E-state index in [1.54, 1.807) is 11.9 Å². The molecule has 2 N–H and O–H groups in total. The normalized spacial score (nSPS) is 16.2. The number of likely N-dealkylation sites (N-methyl/N-ethyl adjacent to an activating group) is 1. The summed E-state index contributed by atoms with van der Waals surface area (Å²) in [6.45, 7) is 7.28. The zero-order valence-electron chi connectivity index (χ0n) is 14.1. The number of aryl methyl sites for hydroxylation is 1. The lowest BCUT2D eigenvalue weighted by atomic mass is 9.84. The van der Waals surface area contributed by atoms with Gasteiger partial charge in [-0.3, -0.25) is 0 Å². The molecule has 0 aliphatic heterocycles. The highest BCUT2D eigenvalue weighted by Gasteiger charge is 2.31. The van der Waals surface area contributed by atoms with Gasteiger partial charge in [-0.1, -0.05) is 43.7 Å². The minimum absolute atomic E-state index is 0.125. The lowest BCUT2D eigenvalue weighted by Crippen LogP contribution is -2.45. The predicted molar refractivity (Wildman–Crippen MR) is 89.0 cm³/mol. The topological polar surface area (TPSA) is 52.6 Å². The smallest absolute Gasteiger partial charge is 0.317 e. The molecule has 0 heterocycles. The molecule has 2 amide bonds. The molecule has 0 saturated heterocycles. The van der Waals surface area contributed by atoms with Crippen LogP contribution in [-0.4, -0.2) is 42.3 Å². The Morgan fingerprint density at radius 2 is 1.95 bits per heavy atom. The van der Waals surface area contributed by atoms with Gasteiger partial charge in [0.1, 0.15) is 0 Å². The van der Waals surface area contributed by atoms with E-state index in [0.29, 0.717) is 19.0 Å². The summed E-state index contributed by atoms with van der Waals surface area (Å²) in [6, 6.07) is 8.29. The van der Waals surface area contributed by atoms with Crippen molar-refractivity contribution >= 4 is 6.03 Å². The Morgan fingerprint density at radius 3 is 2.50 bits per heavy atom. The van der Waals surface area contributed by atoms with Crippen molar-refractivity contribution in [2.24, 2.45) is 5.92 Å². The van der Waals surface area contributed by atoms with Crippen molar-refractivity contribution < 1.29 is 9.90 Å². The van der Waals surface area contributed by atoms with Gasteiger partial charge in [-0.25, -0.2) is 4.79 Å². The van der Waals surface area contributed by atoms with Gasteiger partial charge in [-0.15, -0.1) is 0 Å². The average molecular weight is 304 g/mol. The molecule has 0 spiro atoms. The maximum absolute atomic E-state index is 12.2. The Hall–Kier alpha value is -1.55. The average Bonchev–Trinajstić information content (AvgIpc) is 3.29. The highest BCUT2D eigenvalue weighted by Crippen LogP contribution is 2.32. The van der Waals surface area contributed by atoms with Crippen LogP contribution in [0.4, 0.5) is 4.79 Å². The van der Waals surface area contributed by atoms with Gasteiger partial charge < -0.3 is 15.3 Å². The van der Waals surface area contributed by atoms with Gasteiger partial charge in [0.15, 0.2) is 0 Å². The number of amides is 2. The molecule has 4 heteroatoms. The molecule has 2 rings (SSSR count). The third kappa shape index (κ3) is 4.47. The van der Waals surface area contributed by atoms with E-state index >= 15 is 0 Å². The van der Waals surface area contributed by atoms with Crippen molar-refractivity contribution in [1.29, 1.82) is 0 Å². The molecule has 0 radical (unpaired) electrons. The molecule has 22 heavy (non-hydrogen) atoms. The first-order valence-electron chi connectivity index (χ1n) is 8.04. The fourth-order valence-electron chi connectivity index (χ4n) is 2.53. The number of benzene rings is 1. The second-order valence-corrected chi connectivity index (χ2v) is 7.19. The standard InChI is InChI=1S/C18H28N2O2/c1-13-5-9-15(10-6-13)18(2,3)12-19-17(22)20(4)11-16(21)14-7-8-14/h5-6,9-10,14,16,21H,7-8,11-12H2,1-4H3,(H,19,22). The molecule has 1 atom stereocenters. The van der Waals surface area contributed by atoms with Crippen molar-refractivity contribution in [3.8, 4) is 0 Å². The molecule has 1 aliphatic carbocycles. The van der Waals surface area contributed by atoms with Crippen LogP contribution in [0.15, 0.2) is 24.3 Å². The summed E-state index contributed by atoms with van der Waals surface area (Å²) >= 11 is 0. The SMILES string of the molecule is Cc1ccc(C(C)(C)CNC(=O)N(C)CC(O)C2CC2)cc1. The number of carbonyl (C=O) groups is 1. The van der Waals surface area contributed by atoms with E-state index in [1.807, 2.05) is 0 Å². The number of nitrogens with zero attached hydrogens (tertiary/aromatic N) is 1. The number of urea groups is 1. The summed E-state index contributed by atoms with van der Waals surface area (Å²) in [6.07, 6.45) is 1.77. The van der Waals surface area contributed by atoms with Crippen molar-refractivity contribution in [3.05, 3.63) is 35.4 Å². The first-order valence-corrected chi connectivity index (χ1v) is 8.04. The fourth-order valence-corrected chi connectivity index (χ4v) is 2.53. The Kier molecular flexibility index (Phi) is 5.12. The Balaban J connectivity index is 1.84. The highest BCUT2D eigenvalue weighted by molar-refractivity contribution is 5.74. The molecule has 1 aliphatic rings. The summed E-state index contributed by atoms with van der Waals surface area (Å²) in [4.78, 5) is 13.7. The number of aliphatic hydroxyl groups is 1. The first-order chi connectivity index (χ1) is 10.3. The lowest BCUT2D eigenvalue weighted by Gasteiger charge is -2.28. The van der Waals surface area contributed by atoms with E-state index in [4.69, 9.17) is 0 Å². The molecule has 4 nitrogen and oxygen atoms in total. The lowest BCUT2D eigenvalue weighted by molar-refractivity contribution is 0.113. The molecule has 122 valence electrons. The minimum atomic E-state index is -0.388. The summed E-state index contributed by atoms with van der Waals surface area (Å²) < 4.78 is 0. The van der Waals surface area contributed by atoms with Gasteiger partial charge in [0.2, 0.25) is 0 Å². The number of rotatable bonds is 6. The summed E-state index contributed by atoms with van der Waals surface area (Å²) in [7, 11) is 1.74. The van der Waals surface area contributed by atoms with Crippen LogP contribution in [0.1, 0.15) is 37.8 Å².